The topological polar surface area (TPSA) is 46.6 Å². The van der Waals surface area contributed by atoms with Gasteiger partial charge in [0.25, 0.3) is 0 Å². The van der Waals surface area contributed by atoms with Gasteiger partial charge in [0.1, 0.15) is 11.5 Å². The maximum Gasteiger partial charge on any atom is 0.187 e. The summed E-state index contributed by atoms with van der Waals surface area (Å²) in [4.78, 5) is 6.74. The third-order valence-corrected chi connectivity index (χ3v) is 4.58. The van der Waals surface area contributed by atoms with Gasteiger partial charge >= 0.3 is 0 Å². The second-order valence-electron chi connectivity index (χ2n) is 5.67. The number of anilines is 3. The number of methoxy groups -OCH3 is 2. The van der Waals surface area contributed by atoms with Gasteiger partial charge < -0.3 is 19.7 Å². The Morgan fingerprint density at radius 2 is 1.76 bits per heavy atom. The Labute approximate surface area is 151 Å². The minimum Gasteiger partial charge on any atom is -0.497 e. The molecule has 0 amide bonds. The Hall–Kier alpha value is -2.73. The fraction of sp³-hybridized carbons (Fsp3) is 0.211. The van der Waals surface area contributed by atoms with E-state index in [-0.39, 0.29) is 0 Å². The predicted octanol–water partition coefficient (Wildman–Crippen LogP) is 4.64. The summed E-state index contributed by atoms with van der Waals surface area (Å²) in [6.45, 7) is 0. The molecule has 0 saturated carbocycles. The molecular formula is C19H21N3O2S. The van der Waals surface area contributed by atoms with E-state index < -0.39 is 0 Å². The molecule has 0 atom stereocenters. The van der Waals surface area contributed by atoms with Gasteiger partial charge in [-0.3, -0.25) is 0 Å². The second-order valence-corrected chi connectivity index (χ2v) is 6.53. The van der Waals surface area contributed by atoms with E-state index in [0.717, 1.165) is 39.3 Å². The van der Waals surface area contributed by atoms with E-state index >= 15 is 0 Å². The maximum atomic E-state index is 5.46. The molecule has 0 saturated heterocycles. The lowest BCUT2D eigenvalue weighted by Gasteiger charge is -2.12. The molecule has 130 valence electrons. The lowest BCUT2D eigenvalue weighted by molar-refractivity contribution is 0.395. The van der Waals surface area contributed by atoms with Crippen molar-refractivity contribution in [2.75, 3.05) is 38.5 Å². The number of ether oxygens (including phenoxy) is 2. The third-order valence-electron chi connectivity index (χ3n) is 3.82. The Morgan fingerprint density at radius 3 is 2.40 bits per heavy atom. The molecule has 25 heavy (non-hydrogen) atoms. The van der Waals surface area contributed by atoms with Crippen LogP contribution in [0.3, 0.4) is 0 Å². The Kier molecular flexibility index (Phi) is 5.09. The molecule has 2 aromatic carbocycles. The molecule has 0 aliphatic rings. The molecule has 0 bridgehead atoms. The highest BCUT2D eigenvalue weighted by molar-refractivity contribution is 7.14. The first-order chi connectivity index (χ1) is 12.1. The van der Waals surface area contributed by atoms with Crippen molar-refractivity contribution in [3.8, 4) is 22.8 Å². The summed E-state index contributed by atoms with van der Waals surface area (Å²) >= 11 is 1.56. The lowest BCUT2D eigenvalue weighted by Crippen LogP contribution is -2.08. The summed E-state index contributed by atoms with van der Waals surface area (Å²) in [5.41, 5.74) is 3.98. The quantitative estimate of drug-likeness (QED) is 0.698. The molecule has 1 heterocycles. The molecule has 5 nitrogen and oxygen atoms in total. The Bertz CT molecular complexity index is 844. The first-order valence-corrected chi connectivity index (χ1v) is 8.71. The van der Waals surface area contributed by atoms with Crippen LogP contribution in [0, 0.1) is 0 Å². The number of thiazole rings is 1. The van der Waals surface area contributed by atoms with Crippen molar-refractivity contribution in [3.05, 3.63) is 47.8 Å². The highest BCUT2D eigenvalue weighted by Crippen LogP contribution is 2.35. The smallest absolute Gasteiger partial charge is 0.187 e. The van der Waals surface area contributed by atoms with E-state index in [0.29, 0.717) is 0 Å². The summed E-state index contributed by atoms with van der Waals surface area (Å²) in [5, 5.41) is 6.20. The summed E-state index contributed by atoms with van der Waals surface area (Å²) < 4.78 is 10.7. The molecule has 1 N–H and O–H groups in total. The van der Waals surface area contributed by atoms with E-state index in [1.807, 2.05) is 49.8 Å². The van der Waals surface area contributed by atoms with Crippen LogP contribution < -0.4 is 19.7 Å². The summed E-state index contributed by atoms with van der Waals surface area (Å²) in [6, 6.07) is 14.0. The van der Waals surface area contributed by atoms with Crippen molar-refractivity contribution in [1.29, 1.82) is 0 Å². The van der Waals surface area contributed by atoms with Crippen LogP contribution in [0.2, 0.25) is 0 Å². The Balaban J connectivity index is 1.80. The average Bonchev–Trinajstić information content (AvgIpc) is 3.09. The minimum absolute atomic E-state index is 0.742. The molecule has 0 fully saturated rings. The number of hydrogen-bond acceptors (Lipinski definition) is 6. The molecule has 1 aromatic heterocycles. The van der Waals surface area contributed by atoms with Gasteiger partial charge in [-0.1, -0.05) is 0 Å². The van der Waals surface area contributed by atoms with Crippen molar-refractivity contribution in [1.82, 2.24) is 4.98 Å². The highest BCUT2D eigenvalue weighted by atomic mass is 32.1. The van der Waals surface area contributed by atoms with Crippen LogP contribution in [-0.2, 0) is 0 Å². The van der Waals surface area contributed by atoms with Crippen molar-refractivity contribution in [2.45, 2.75) is 0 Å². The van der Waals surface area contributed by atoms with E-state index in [2.05, 4.69) is 27.3 Å². The molecule has 0 aliphatic carbocycles. The first-order valence-electron chi connectivity index (χ1n) is 7.83. The largest absolute Gasteiger partial charge is 0.497 e. The van der Waals surface area contributed by atoms with Gasteiger partial charge in [-0.25, -0.2) is 4.98 Å². The van der Waals surface area contributed by atoms with Crippen molar-refractivity contribution in [2.24, 2.45) is 0 Å². The van der Waals surface area contributed by atoms with Crippen LogP contribution in [0.25, 0.3) is 11.3 Å². The summed E-state index contributed by atoms with van der Waals surface area (Å²) in [6.07, 6.45) is 0. The maximum absolute atomic E-state index is 5.46. The van der Waals surface area contributed by atoms with Crippen molar-refractivity contribution >= 4 is 27.8 Å². The highest BCUT2D eigenvalue weighted by Gasteiger charge is 2.11. The normalized spacial score (nSPS) is 10.4. The van der Waals surface area contributed by atoms with Crippen LogP contribution in [-0.4, -0.2) is 33.3 Å². The van der Waals surface area contributed by atoms with Crippen LogP contribution in [0.5, 0.6) is 11.5 Å². The number of aromatic nitrogens is 1. The molecule has 0 radical (unpaired) electrons. The number of hydrogen-bond donors (Lipinski definition) is 1. The van der Waals surface area contributed by atoms with Crippen LogP contribution in [0.4, 0.5) is 16.5 Å². The third kappa shape index (κ3) is 3.85. The van der Waals surface area contributed by atoms with E-state index in [1.165, 1.54) is 0 Å². The predicted molar refractivity (Wildman–Crippen MR) is 105 cm³/mol. The molecule has 3 rings (SSSR count). The number of nitrogens with one attached hydrogen (secondary N) is 1. The monoisotopic (exact) mass is 355 g/mol. The van der Waals surface area contributed by atoms with Gasteiger partial charge in [0.05, 0.1) is 19.9 Å². The van der Waals surface area contributed by atoms with E-state index in [4.69, 9.17) is 9.47 Å². The van der Waals surface area contributed by atoms with Gasteiger partial charge in [0.15, 0.2) is 5.13 Å². The zero-order valence-corrected chi connectivity index (χ0v) is 15.6. The SMILES string of the molecule is COc1ccc(-c2csc(Nc3ccc(N(C)C)cc3)n2)c(OC)c1. The zero-order valence-electron chi connectivity index (χ0n) is 14.7. The molecular weight excluding hydrogens is 334 g/mol. The van der Waals surface area contributed by atoms with Crippen LogP contribution in [0.15, 0.2) is 47.8 Å². The van der Waals surface area contributed by atoms with Gasteiger partial charge in [-0.05, 0) is 36.4 Å². The van der Waals surface area contributed by atoms with Gasteiger partial charge in [0, 0.05) is 42.5 Å². The van der Waals surface area contributed by atoms with Crippen molar-refractivity contribution in [3.63, 3.8) is 0 Å². The number of benzene rings is 2. The lowest BCUT2D eigenvalue weighted by atomic mass is 10.1. The number of nitrogens with zero attached hydrogens (tertiary/aromatic N) is 2. The average molecular weight is 355 g/mol. The van der Waals surface area contributed by atoms with Crippen molar-refractivity contribution < 1.29 is 9.47 Å². The van der Waals surface area contributed by atoms with E-state index in [1.54, 1.807) is 25.6 Å². The number of rotatable bonds is 6. The molecule has 3 aromatic rings. The molecule has 0 aliphatic heterocycles. The van der Waals surface area contributed by atoms with Crippen LogP contribution >= 0.6 is 11.3 Å². The van der Waals surface area contributed by atoms with E-state index in [9.17, 15) is 0 Å². The van der Waals surface area contributed by atoms with Gasteiger partial charge in [-0.2, -0.15) is 0 Å². The van der Waals surface area contributed by atoms with Gasteiger partial charge in [-0.15, -0.1) is 11.3 Å². The van der Waals surface area contributed by atoms with Crippen LogP contribution in [0.1, 0.15) is 0 Å². The van der Waals surface area contributed by atoms with Gasteiger partial charge in [0.2, 0.25) is 0 Å². The molecule has 0 unspecified atom stereocenters. The molecule has 0 spiro atoms. The molecule has 6 heteroatoms. The summed E-state index contributed by atoms with van der Waals surface area (Å²) in [5.74, 6) is 1.50. The fourth-order valence-corrected chi connectivity index (χ4v) is 3.16. The minimum atomic E-state index is 0.742. The fourth-order valence-electron chi connectivity index (χ4n) is 2.43. The zero-order chi connectivity index (χ0) is 17.8. The first kappa shape index (κ1) is 17.1. The standard InChI is InChI=1S/C19H21N3O2S/c1-22(2)14-7-5-13(6-8-14)20-19-21-17(12-25-19)16-10-9-15(23-3)11-18(16)24-4/h5-12H,1-4H3,(H,20,21). The summed E-state index contributed by atoms with van der Waals surface area (Å²) in [7, 11) is 7.34. The second kappa shape index (κ2) is 7.44. The Morgan fingerprint density at radius 1 is 1.00 bits per heavy atom.